The van der Waals surface area contributed by atoms with Gasteiger partial charge in [0.2, 0.25) is 11.8 Å². The van der Waals surface area contributed by atoms with Crippen LogP contribution in [0.1, 0.15) is 31.2 Å². The third-order valence-corrected chi connectivity index (χ3v) is 5.07. The highest BCUT2D eigenvalue weighted by molar-refractivity contribution is 5.91. The van der Waals surface area contributed by atoms with Crippen molar-refractivity contribution in [2.45, 2.75) is 38.3 Å². The predicted octanol–water partition coefficient (Wildman–Crippen LogP) is 3.56. The van der Waals surface area contributed by atoms with Gasteiger partial charge in [-0.25, -0.2) is 9.97 Å². The van der Waals surface area contributed by atoms with Gasteiger partial charge in [-0.05, 0) is 43.4 Å². The van der Waals surface area contributed by atoms with Crippen LogP contribution in [0, 0.1) is 0 Å². The van der Waals surface area contributed by atoms with Crippen molar-refractivity contribution < 1.29 is 14.2 Å². The highest BCUT2D eigenvalue weighted by atomic mass is 16.5. The molecule has 152 valence electrons. The van der Waals surface area contributed by atoms with E-state index < -0.39 is 0 Å². The molecule has 8 heteroatoms. The van der Waals surface area contributed by atoms with Gasteiger partial charge in [0.1, 0.15) is 11.9 Å². The Hall–Kier alpha value is -3.29. The molecule has 0 spiro atoms. The first-order valence-electron chi connectivity index (χ1n) is 9.71. The summed E-state index contributed by atoms with van der Waals surface area (Å²) in [6, 6.07) is 7.45. The van der Waals surface area contributed by atoms with Gasteiger partial charge in [-0.2, -0.15) is 4.98 Å². The Morgan fingerprint density at radius 1 is 1.07 bits per heavy atom. The van der Waals surface area contributed by atoms with E-state index in [1.54, 1.807) is 32.5 Å². The zero-order chi connectivity index (χ0) is 20.2. The topological polar surface area (TPSA) is 104 Å². The molecule has 1 fully saturated rings. The summed E-state index contributed by atoms with van der Waals surface area (Å²) in [6.07, 6.45) is 6.69. The smallest absolute Gasteiger partial charge is 0.225 e. The van der Waals surface area contributed by atoms with Gasteiger partial charge < -0.3 is 25.3 Å². The van der Waals surface area contributed by atoms with Crippen LogP contribution in [0.5, 0.6) is 17.4 Å². The molecule has 8 nitrogen and oxygen atoms in total. The number of nitrogens with one attached hydrogen (secondary N) is 1. The van der Waals surface area contributed by atoms with Crippen molar-refractivity contribution in [3.05, 3.63) is 36.0 Å². The minimum Gasteiger partial charge on any atom is -0.493 e. The van der Waals surface area contributed by atoms with E-state index in [0.29, 0.717) is 46.6 Å². The molecule has 0 saturated heterocycles. The number of ether oxygens (including phenoxy) is 3. The molecular formula is C21H25N5O3. The van der Waals surface area contributed by atoms with Crippen LogP contribution < -0.4 is 25.3 Å². The molecule has 0 aliphatic heterocycles. The van der Waals surface area contributed by atoms with Crippen LogP contribution in [0.15, 0.2) is 30.5 Å². The Kier molecular flexibility index (Phi) is 5.50. The highest BCUT2D eigenvalue weighted by Crippen LogP contribution is 2.33. The van der Waals surface area contributed by atoms with Gasteiger partial charge in [-0.15, -0.1) is 0 Å². The van der Waals surface area contributed by atoms with Crippen molar-refractivity contribution in [2.75, 3.05) is 25.3 Å². The van der Waals surface area contributed by atoms with Crippen molar-refractivity contribution in [3.8, 4) is 17.4 Å². The largest absolute Gasteiger partial charge is 0.493 e. The van der Waals surface area contributed by atoms with E-state index >= 15 is 0 Å². The van der Waals surface area contributed by atoms with Crippen LogP contribution in [-0.2, 0) is 6.54 Å². The van der Waals surface area contributed by atoms with E-state index in [1.807, 2.05) is 12.1 Å². The summed E-state index contributed by atoms with van der Waals surface area (Å²) in [6.45, 7) is 0.530. The second kappa shape index (κ2) is 8.38. The number of fused-ring (bicyclic) bond motifs is 1. The maximum atomic E-state index is 6.14. The lowest BCUT2D eigenvalue weighted by molar-refractivity contribution is 0.201. The summed E-state index contributed by atoms with van der Waals surface area (Å²) in [4.78, 5) is 13.2. The molecular weight excluding hydrogens is 370 g/mol. The lowest BCUT2D eigenvalue weighted by Crippen LogP contribution is -2.12. The summed E-state index contributed by atoms with van der Waals surface area (Å²) in [7, 11) is 3.16. The summed E-state index contributed by atoms with van der Waals surface area (Å²) >= 11 is 0. The molecule has 0 radical (unpaired) electrons. The zero-order valence-electron chi connectivity index (χ0n) is 16.6. The van der Waals surface area contributed by atoms with Crippen molar-refractivity contribution >= 4 is 22.7 Å². The number of aromatic nitrogens is 3. The van der Waals surface area contributed by atoms with Crippen molar-refractivity contribution in [1.82, 2.24) is 15.0 Å². The number of nitrogens with two attached hydrogens (primary N) is 1. The molecule has 29 heavy (non-hydrogen) atoms. The maximum absolute atomic E-state index is 6.14. The summed E-state index contributed by atoms with van der Waals surface area (Å²) in [5.74, 6) is 2.65. The minimum absolute atomic E-state index is 0.279. The summed E-state index contributed by atoms with van der Waals surface area (Å²) in [5.41, 5.74) is 7.85. The number of methoxy groups -OCH3 is 2. The molecule has 3 N–H and O–H groups in total. The quantitative estimate of drug-likeness (QED) is 0.626. The van der Waals surface area contributed by atoms with E-state index in [9.17, 15) is 0 Å². The van der Waals surface area contributed by atoms with Crippen LogP contribution in [0.3, 0.4) is 0 Å². The number of pyridine rings is 1. The van der Waals surface area contributed by atoms with Crippen LogP contribution in [0.2, 0.25) is 0 Å². The van der Waals surface area contributed by atoms with Crippen LogP contribution >= 0.6 is 0 Å². The van der Waals surface area contributed by atoms with E-state index in [4.69, 9.17) is 19.9 Å². The number of anilines is 2. The van der Waals surface area contributed by atoms with Crippen molar-refractivity contribution in [1.29, 1.82) is 0 Å². The number of hydrogen-bond donors (Lipinski definition) is 2. The van der Waals surface area contributed by atoms with E-state index in [-0.39, 0.29) is 6.10 Å². The molecule has 3 aromatic rings. The average molecular weight is 395 g/mol. The van der Waals surface area contributed by atoms with E-state index in [2.05, 4.69) is 20.3 Å². The Labute approximate surface area is 169 Å². The fourth-order valence-electron chi connectivity index (χ4n) is 3.54. The van der Waals surface area contributed by atoms with Crippen molar-refractivity contribution in [2.24, 2.45) is 0 Å². The lowest BCUT2D eigenvalue weighted by Gasteiger charge is -2.13. The molecule has 1 aliphatic carbocycles. The van der Waals surface area contributed by atoms with Gasteiger partial charge >= 0.3 is 0 Å². The number of benzene rings is 1. The number of hydrogen-bond acceptors (Lipinski definition) is 8. The summed E-state index contributed by atoms with van der Waals surface area (Å²) in [5, 5.41) is 3.94. The predicted molar refractivity (Wildman–Crippen MR) is 112 cm³/mol. The fraction of sp³-hybridized carbons (Fsp3) is 0.381. The molecule has 0 atom stereocenters. The number of nitrogens with zero attached hydrogens (tertiary/aromatic N) is 3. The van der Waals surface area contributed by atoms with Gasteiger partial charge in [0, 0.05) is 30.3 Å². The van der Waals surface area contributed by atoms with E-state index in [1.165, 1.54) is 12.8 Å². The maximum Gasteiger partial charge on any atom is 0.225 e. The molecule has 1 saturated carbocycles. The molecule has 1 aliphatic rings. The SMILES string of the molecule is COc1cc2nc(NCc3ccnc(OC4CCCC4)c3)nc(N)c2cc1OC. The lowest BCUT2D eigenvalue weighted by atomic mass is 10.2. The first-order valence-corrected chi connectivity index (χ1v) is 9.71. The van der Waals surface area contributed by atoms with Gasteiger partial charge in [-0.3, -0.25) is 0 Å². The number of rotatable bonds is 7. The first-order chi connectivity index (χ1) is 14.2. The standard InChI is InChI=1S/C21H25N5O3/c1-27-17-10-15-16(11-18(17)28-2)25-21(26-20(15)22)24-12-13-7-8-23-19(9-13)29-14-5-3-4-6-14/h7-11,14H,3-6,12H2,1-2H3,(H3,22,24,25,26). The zero-order valence-corrected chi connectivity index (χ0v) is 16.6. The molecule has 2 aromatic heterocycles. The summed E-state index contributed by atoms with van der Waals surface area (Å²) < 4.78 is 16.7. The Morgan fingerprint density at radius 3 is 2.59 bits per heavy atom. The number of nitrogen functional groups attached to an aromatic ring is 1. The second-order valence-electron chi connectivity index (χ2n) is 7.04. The van der Waals surface area contributed by atoms with Gasteiger partial charge in [0.25, 0.3) is 0 Å². The first kappa shape index (κ1) is 19.0. The molecule has 4 rings (SSSR count). The van der Waals surface area contributed by atoms with Crippen molar-refractivity contribution in [3.63, 3.8) is 0 Å². The Morgan fingerprint density at radius 2 is 1.83 bits per heavy atom. The molecule has 0 amide bonds. The molecule has 0 bridgehead atoms. The van der Waals surface area contributed by atoms with Crippen LogP contribution in [0.4, 0.5) is 11.8 Å². The fourth-order valence-corrected chi connectivity index (χ4v) is 3.54. The molecule has 1 aromatic carbocycles. The van der Waals surface area contributed by atoms with Crippen LogP contribution in [-0.4, -0.2) is 35.3 Å². The highest BCUT2D eigenvalue weighted by Gasteiger charge is 2.17. The molecule has 2 heterocycles. The monoisotopic (exact) mass is 395 g/mol. The third-order valence-electron chi connectivity index (χ3n) is 5.07. The normalized spacial score (nSPS) is 14.1. The third kappa shape index (κ3) is 4.26. The second-order valence-corrected chi connectivity index (χ2v) is 7.04. The minimum atomic E-state index is 0.279. The van der Waals surface area contributed by atoms with Gasteiger partial charge in [0.05, 0.1) is 19.7 Å². The van der Waals surface area contributed by atoms with E-state index in [0.717, 1.165) is 18.4 Å². The average Bonchev–Trinajstić information content (AvgIpc) is 3.24. The Balaban J connectivity index is 1.50. The van der Waals surface area contributed by atoms with Gasteiger partial charge in [-0.1, -0.05) is 0 Å². The van der Waals surface area contributed by atoms with Gasteiger partial charge in [0.15, 0.2) is 11.5 Å². The Bertz CT molecular complexity index is 1010. The molecule has 0 unspecified atom stereocenters. The van der Waals surface area contributed by atoms with Crippen LogP contribution in [0.25, 0.3) is 10.9 Å².